The lowest BCUT2D eigenvalue weighted by Gasteiger charge is -2.47. The molecular formula is C20H20N4. The van der Waals surface area contributed by atoms with Crippen molar-refractivity contribution in [1.29, 1.82) is 5.26 Å². The van der Waals surface area contributed by atoms with Crippen molar-refractivity contribution >= 4 is 5.69 Å². The number of hydrogen-bond donors (Lipinski definition) is 1. The smallest absolute Gasteiger partial charge is 0.0962 e. The highest BCUT2D eigenvalue weighted by atomic mass is 15.2. The fourth-order valence-corrected chi connectivity index (χ4v) is 4.11. The fourth-order valence-electron chi connectivity index (χ4n) is 4.11. The molecule has 0 amide bonds. The van der Waals surface area contributed by atoms with Crippen LogP contribution >= 0.6 is 0 Å². The highest BCUT2D eigenvalue weighted by Crippen LogP contribution is 2.50. The predicted molar refractivity (Wildman–Crippen MR) is 94.1 cm³/mol. The van der Waals surface area contributed by atoms with E-state index in [4.69, 9.17) is 0 Å². The van der Waals surface area contributed by atoms with Gasteiger partial charge in [0.2, 0.25) is 0 Å². The number of fused-ring (bicyclic) bond motifs is 3. The van der Waals surface area contributed by atoms with Gasteiger partial charge in [0.05, 0.1) is 18.2 Å². The van der Waals surface area contributed by atoms with Gasteiger partial charge >= 0.3 is 0 Å². The van der Waals surface area contributed by atoms with Crippen molar-refractivity contribution in [2.75, 3.05) is 12.4 Å². The molecule has 0 radical (unpaired) electrons. The van der Waals surface area contributed by atoms with Gasteiger partial charge in [-0.15, -0.1) is 0 Å². The van der Waals surface area contributed by atoms with Crippen molar-refractivity contribution in [1.82, 2.24) is 9.88 Å². The quantitative estimate of drug-likeness (QED) is 0.865. The van der Waals surface area contributed by atoms with Crippen LogP contribution in [-0.4, -0.2) is 16.9 Å². The maximum atomic E-state index is 9.42. The number of nitriles is 1. The summed E-state index contributed by atoms with van der Waals surface area (Å²) in [5.41, 5.74) is 5.83. The number of pyridine rings is 1. The molecule has 120 valence electrons. The zero-order chi connectivity index (χ0) is 16.7. The van der Waals surface area contributed by atoms with Crippen LogP contribution in [0.2, 0.25) is 0 Å². The lowest BCUT2D eigenvalue weighted by molar-refractivity contribution is 0.188. The van der Waals surface area contributed by atoms with E-state index in [0.29, 0.717) is 5.92 Å². The molecule has 0 unspecified atom stereocenters. The van der Waals surface area contributed by atoms with Gasteiger partial charge in [-0.3, -0.25) is 4.98 Å². The van der Waals surface area contributed by atoms with E-state index >= 15 is 0 Å². The minimum Gasteiger partial charge on any atom is -0.378 e. The summed E-state index contributed by atoms with van der Waals surface area (Å²) in [5.74, 6) is 0.311. The zero-order valence-electron chi connectivity index (χ0n) is 13.9. The first-order chi connectivity index (χ1) is 11.7. The largest absolute Gasteiger partial charge is 0.378 e. The summed E-state index contributed by atoms with van der Waals surface area (Å²) in [6, 6.07) is 13.5. The van der Waals surface area contributed by atoms with Crippen molar-refractivity contribution in [2.45, 2.75) is 25.4 Å². The highest BCUT2D eigenvalue weighted by molar-refractivity contribution is 5.59. The average Bonchev–Trinajstić information content (AvgIpc) is 2.61. The molecule has 1 N–H and O–H groups in total. The summed E-state index contributed by atoms with van der Waals surface area (Å²) in [5, 5.41) is 13.1. The Morgan fingerprint density at radius 1 is 1.25 bits per heavy atom. The number of nitrogens with one attached hydrogen (secondary N) is 1. The van der Waals surface area contributed by atoms with Crippen LogP contribution in [0.1, 0.15) is 35.2 Å². The van der Waals surface area contributed by atoms with Gasteiger partial charge in [0.1, 0.15) is 0 Å². The average molecular weight is 316 g/mol. The summed E-state index contributed by atoms with van der Waals surface area (Å²) >= 11 is 0. The van der Waals surface area contributed by atoms with Crippen molar-refractivity contribution in [3.05, 3.63) is 71.2 Å². The van der Waals surface area contributed by atoms with Crippen molar-refractivity contribution in [3.8, 4) is 6.07 Å². The highest BCUT2D eigenvalue weighted by Gasteiger charge is 2.41. The first-order valence-corrected chi connectivity index (χ1v) is 8.27. The molecule has 4 nitrogen and oxygen atoms in total. The minimum absolute atomic E-state index is 0.174. The van der Waals surface area contributed by atoms with Gasteiger partial charge in [-0.25, -0.2) is 0 Å². The standard InChI is InChI=1S/C20H20N4/c1-13-3-4-18-16(9-13)20-17(10-14(11-21)12-24(20)2)19(23-18)15-5-7-22-8-6-15/h3-9,12,17,19-20,23H,10H2,1-2H3/t17-,19+,20+/m0/s1. The van der Waals surface area contributed by atoms with E-state index in [-0.39, 0.29) is 12.1 Å². The number of aromatic nitrogens is 1. The van der Waals surface area contributed by atoms with Gasteiger partial charge in [0.25, 0.3) is 0 Å². The Kier molecular flexibility index (Phi) is 3.50. The van der Waals surface area contributed by atoms with Crippen LogP contribution in [0.15, 0.2) is 54.5 Å². The van der Waals surface area contributed by atoms with Crippen LogP contribution in [0, 0.1) is 24.2 Å². The molecular weight excluding hydrogens is 296 g/mol. The third-order valence-corrected chi connectivity index (χ3v) is 5.13. The monoisotopic (exact) mass is 316 g/mol. The normalized spacial score (nSPS) is 25.0. The Labute approximate surface area is 142 Å². The topological polar surface area (TPSA) is 52.0 Å². The Morgan fingerprint density at radius 2 is 2.04 bits per heavy atom. The molecule has 1 aromatic heterocycles. The second-order valence-corrected chi connectivity index (χ2v) is 6.74. The zero-order valence-corrected chi connectivity index (χ0v) is 13.9. The van der Waals surface area contributed by atoms with E-state index in [0.717, 1.165) is 12.0 Å². The van der Waals surface area contributed by atoms with Gasteiger partial charge in [0.15, 0.2) is 0 Å². The molecule has 0 fully saturated rings. The predicted octanol–water partition coefficient (Wildman–Crippen LogP) is 3.96. The third-order valence-electron chi connectivity index (χ3n) is 5.13. The SMILES string of the molecule is Cc1ccc2c(c1)[C@@H]1[C@@H](CC(C#N)=CN1C)[C@@H](c1ccncc1)N2. The summed E-state index contributed by atoms with van der Waals surface area (Å²) < 4.78 is 0. The minimum atomic E-state index is 0.174. The number of hydrogen-bond acceptors (Lipinski definition) is 4. The Bertz CT molecular complexity index is 834. The van der Waals surface area contributed by atoms with Crippen molar-refractivity contribution < 1.29 is 0 Å². The van der Waals surface area contributed by atoms with Crippen LogP contribution in [0.25, 0.3) is 0 Å². The molecule has 3 heterocycles. The van der Waals surface area contributed by atoms with Crippen LogP contribution in [0.4, 0.5) is 5.69 Å². The van der Waals surface area contributed by atoms with Gasteiger partial charge in [-0.1, -0.05) is 17.7 Å². The Balaban J connectivity index is 1.86. The summed E-state index contributed by atoms with van der Waals surface area (Å²) in [4.78, 5) is 6.35. The molecule has 0 bridgehead atoms. The number of anilines is 1. The molecule has 4 heteroatoms. The van der Waals surface area contributed by atoms with Crippen LogP contribution in [0.3, 0.4) is 0 Å². The summed E-state index contributed by atoms with van der Waals surface area (Å²) in [6.45, 7) is 2.13. The van der Waals surface area contributed by atoms with Gasteiger partial charge in [-0.2, -0.15) is 5.26 Å². The molecule has 0 spiro atoms. The summed E-state index contributed by atoms with van der Waals surface area (Å²) in [7, 11) is 2.08. The van der Waals surface area contributed by atoms with E-state index in [1.165, 1.54) is 22.4 Å². The number of aryl methyl sites for hydroxylation is 1. The first kappa shape index (κ1) is 14.8. The van der Waals surface area contributed by atoms with Gasteiger partial charge in [-0.05, 0) is 42.7 Å². The molecule has 0 aliphatic carbocycles. The van der Waals surface area contributed by atoms with Crippen molar-refractivity contribution in [3.63, 3.8) is 0 Å². The van der Waals surface area contributed by atoms with E-state index in [2.05, 4.69) is 65.6 Å². The Hall–Kier alpha value is -2.80. The van der Waals surface area contributed by atoms with E-state index in [9.17, 15) is 5.26 Å². The van der Waals surface area contributed by atoms with Crippen LogP contribution in [0.5, 0.6) is 0 Å². The third kappa shape index (κ3) is 2.33. The second kappa shape index (κ2) is 5.68. The lowest BCUT2D eigenvalue weighted by atomic mass is 9.74. The molecule has 1 aromatic carbocycles. The number of nitrogens with zero attached hydrogens (tertiary/aromatic N) is 3. The lowest BCUT2D eigenvalue weighted by Crippen LogP contribution is -2.40. The fraction of sp³-hybridized carbons (Fsp3) is 0.300. The first-order valence-electron chi connectivity index (χ1n) is 8.27. The maximum absolute atomic E-state index is 9.42. The molecule has 0 saturated carbocycles. The Morgan fingerprint density at radius 3 is 2.79 bits per heavy atom. The number of allylic oxidation sites excluding steroid dienone is 1. The molecule has 3 atom stereocenters. The molecule has 2 aliphatic rings. The van der Waals surface area contributed by atoms with Crippen molar-refractivity contribution in [2.24, 2.45) is 5.92 Å². The molecule has 2 aromatic rings. The molecule has 2 aliphatic heterocycles. The second-order valence-electron chi connectivity index (χ2n) is 6.74. The van der Waals surface area contributed by atoms with Crippen LogP contribution in [-0.2, 0) is 0 Å². The molecule has 24 heavy (non-hydrogen) atoms. The van der Waals surface area contributed by atoms with Gasteiger partial charge in [0, 0.05) is 42.8 Å². The van der Waals surface area contributed by atoms with Gasteiger partial charge < -0.3 is 10.2 Å². The number of rotatable bonds is 1. The molecule has 4 rings (SSSR count). The maximum Gasteiger partial charge on any atom is 0.0962 e. The van der Waals surface area contributed by atoms with E-state index in [1.54, 1.807) is 0 Å². The van der Waals surface area contributed by atoms with E-state index < -0.39 is 0 Å². The van der Waals surface area contributed by atoms with E-state index in [1.807, 2.05) is 18.6 Å². The number of benzene rings is 1. The summed E-state index contributed by atoms with van der Waals surface area (Å²) in [6.07, 6.45) is 6.47. The van der Waals surface area contributed by atoms with Crippen LogP contribution < -0.4 is 5.32 Å². The molecule has 0 saturated heterocycles.